The SMILES string of the molecule is COc1ccc(C)cc1C(C)NC(=O)C(C)SCC(=O)Nc1ccc(C)cc1. The van der Waals surface area contributed by atoms with Crippen LogP contribution >= 0.6 is 11.8 Å². The molecule has 150 valence electrons. The van der Waals surface area contributed by atoms with E-state index in [-0.39, 0.29) is 28.9 Å². The number of carbonyl (C=O) groups excluding carboxylic acids is 2. The molecule has 6 heteroatoms. The van der Waals surface area contributed by atoms with Crippen molar-refractivity contribution in [3.8, 4) is 5.75 Å². The molecule has 2 amide bonds. The van der Waals surface area contributed by atoms with Crippen molar-refractivity contribution in [1.29, 1.82) is 0 Å². The molecule has 0 aliphatic heterocycles. The summed E-state index contributed by atoms with van der Waals surface area (Å²) in [7, 11) is 1.62. The summed E-state index contributed by atoms with van der Waals surface area (Å²) in [6.07, 6.45) is 0. The minimum absolute atomic E-state index is 0.107. The lowest BCUT2D eigenvalue weighted by molar-refractivity contribution is -0.120. The fraction of sp³-hybridized carbons (Fsp3) is 0.364. The Morgan fingerprint density at radius 2 is 1.68 bits per heavy atom. The van der Waals surface area contributed by atoms with Crippen molar-refractivity contribution in [1.82, 2.24) is 5.32 Å². The van der Waals surface area contributed by atoms with Crippen molar-refractivity contribution in [3.05, 3.63) is 59.2 Å². The third-order valence-corrected chi connectivity index (χ3v) is 5.52. The molecule has 2 rings (SSSR count). The molecular formula is C22H28N2O3S. The second kappa shape index (κ2) is 10.2. The zero-order valence-corrected chi connectivity index (χ0v) is 17.9. The van der Waals surface area contributed by atoms with E-state index in [0.717, 1.165) is 28.1 Å². The van der Waals surface area contributed by atoms with Crippen LogP contribution in [0, 0.1) is 13.8 Å². The molecule has 0 aromatic heterocycles. The quantitative estimate of drug-likeness (QED) is 0.695. The number of benzene rings is 2. The number of rotatable bonds is 8. The van der Waals surface area contributed by atoms with Crippen molar-refractivity contribution in [2.75, 3.05) is 18.2 Å². The molecule has 28 heavy (non-hydrogen) atoms. The highest BCUT2D eigenvalue weighted by molar-refractivity contribution is 8.01. The largest absolute Gasteiger partial charge is 0.496 e. The summed E-state index contributed by atoms with van der Waals surface area (Å²) in [6.45, 7) is 7.73. The van der Waals surface area contributed by atoms with Gasteiger partial charge in [0.25, 0.3) is 0 Å². The van der Waals surface area contributed by atoms with Crippen LogP contribution in [0.3, 0.4) is 0 Å². The van der Waals surface area contributed by atoms with E-state index in [1.807, 2.05) is 63.2 Å². The number of thioether (sulfide) groups is 1. The summed E-state index contributed by atoms with van der Waals surface area (Å²) in [5.41, 5.74) is 3.93. The Labute approximate surface area is 171 Å². The molecule has 5 nitrogen and oxygen atoms in total. The first-order valence-electron chi connectivity index (χ1n) is 9.23. The number of aryl methyl sites for hydroxylation is 2. The maximum absolute atomic E-state index is 12.5. The molecule has 0 fully saturated rings. The predicted octanol–water partition coefficient (Wildman–Crippen LogP) is 4.25. The lowest BCUT2D eigenvalue weighted by atomic mass is 10.0. The zero-order valence-electron chi connectivity index (χ0n) is 17.0. The van der Waals surface area contributed by atoms with Crippen LogP contribution in [-0.4, -0.2) is 29.9 Å². The second-order valence-corrected chi connectivity index (χ2v) is 8.17. The van der Waals surface area contributed by atoms with Gasteiger partial charge in [0.05, 0.1) is 24.2 Å². The van der Waals surface area contributed by atoms with Crippen molar-refractivity contribution in [2.45, 2.75) is 39.0 Å². The van der Waals surface area contributed by atoms with Gasteiger partial charge in [-0.15, -0.1) is 11.8 Å². The molecule has 0 saturated heterocycles. The first-order valence-corrected chi connectivity index (χ1v) is 10.3. The number of hydrogen-bond acceptors (Lipinski definition) is 4. The second-order valence-electron chi connectivity index (χ2n) is 6.84. The number of nitrogens with one attached hydrogen (secondary N) is 2. The standard InChI is InChI=1S/C22H28N2O3S/c1-14-6-9-18(10-7-14)24-21(25)13-28-17(4)22(26)23-16(3)19-12-15(2)8-11-20(19)27-5/h6-12,16-17H,13H2,1-5H3,(H,23,26)(H,24,25). The number of amides is 2. The molecule has 0 aliphatic rings. The van der Waals surface area contributed by atoms with Crippen LogP contribution in [0.25, 0.3) is 0 Å². The van der Waals surface area contributed by atoms with Gasteiger partial charge in [-0.25, -0.2) is 0 Å². The van der Waals surface area contributed by atoms with E-state index in [1.54, 1.807) is 14.0 Å². The van der Waals surface area contributed by atoms with E-state index >= 15 is 0 Å². The third-order valence-electron chi connectivity index (χ3n) is 4.38. The van der Waals surface area contributed by atoms with Gasteiger partial charge in [-0.05, 0) is 45.9 Å². The van der Waals surface area contributed by atoms with Crippen LogP contribution in [-0.2, 0) is 9.59 Å². The van der Waals surface area contributed by atoms with Gasteiger partial charge in [0.1, 0.15) is 5.75 Å². The molecule has 0 bridgehead atoms. The summed E-state index contributed by atoms with van der Waals surface area (Å²) >= 11 is 1.31. The number of hydrogen-bond donors (Lipinski definition) is 2. The highest BCUT2D eigenvalue weighted by atomic mass is 32.2. The van der Waals surface area contributed by atoms with Crippen molar-refractivity contribution in [2.24, 2.45) is 0 Å². The van der Waals surface area contributed by atoms with Gasteiger partial charge in [0.15, 0.2) is 0 Å². The summed E-state index contributed by atoms with van der Waals surface area (Å²) in [6, 6.07) is 13.3. The third kappa shape index (κ3) is 6.30. The van der Waals surface area contributed by atoms with E-state index in [4.69, 9.17) is 4.74 Å². The Bertz CT molecular complexity index is 821. The Balaban J connectivity index is 1.86. The predicted molar refractivity (Wildman–Crippen MR) is 116 cm³/mol. The van der Waals surface area contributed by atoms with Crippen LogP contribution in [0.2, 0.25) is 0 Å². The molecule has 2 aromatic rings. The number of methoxy groups -OCH3 is 1. The Morgan fingerprint density at radius 1 is 1.04 bits per heavy atom. The van der Waals surface area contributed by atoms with E-state index in [1.165, 1.54) is 11.8 Å². The van der Waals surface area contributed by atoms with Gasteiger partial charge in [-0.3, -0.25) is 9.59 Å². The average molecular weight is 401 g/mol. The molecule has 0 spiro atoms. The number of ether oxygens (including phenoxy) is 1. The highest BCUT2D eigenvalue weighted by Gasteiger charge is 2.20. The topological polar surface area (TPSA) is 67.4 Å². The van der Waals surface area contributed by atoms with Crippen LogP contribution in [0.4, 0.5) is 5.69 Å². The van der Waals surface area contributed by atoms with Crippen molar-refractivity contribution >= 4 is 29.3 Å². The van der Waals surface area contributed by atoms with Gasteiger partial charge < -0.3 is 15.4 Å². The minimum Gasteiger partial charge on any atom is -0.496 e. The fourth-order valence-corrected chi connectivity index (χ4v) is 3.40. The smallest absolute Gasteiger partial charge is 0.234 e. The normalized spacial score (nSPS) is 12.8. The molecule has 0 saturated carbocycles. The van der Waals surface area contributed by atoms with Gasteiger partial charge in [0.2, 0.25) is 11.8 Å². The van der Waals surface area contributed by atoms with E-state index in [2.05, 4.69) is 10.6 Å². The summed E-state index contributed by atoms with van der Waals surface area (Å²) < 4.78 is 5.40. The van der Waals surface area contributed by atoms with Gasteiger partial charge in [0, 0.05) is 11.3 Å². The van der Waals surface area contributed by atoms with Crippen LogP contribution in [0.5, 0.6) is 5.75 Å². The molecule has 0 heterocycles. The molecule has 2 unspecified atom stereocenters. The first-order chi connectivity index (χ1) is 13.3. The molecule has 2 atom stereocenters. The number of carbonyl (C=O) groups is 2. The van der Waals surface area contributed by atoms with Gasteiger partial charge in [-0.2, -0.15) is 0 Å². The monoisotopic (exact) mass is 400 g/mol. The molecule has 0 radical (unpaired) electrons. The van der Waals surface area contributed by atoms with Gasteiger partial charge >= 0.3 is 0 Å². The summed E-state index contributed by atoms with van der Waals surface area (Å²) in [4.78, 5) is 24.6. The minimum atomic E-state index is -0.345. The van der Waals surface area contributed by atoms with E-state index in [0.29, 0.717) is 0 Å². The Hall–Kier alpha value is -2.47. The van der Waals surface area contributed by atoms with Crippen molar-refractivity contribution in [3.63, 3.8) is 0 Å². The molecular weight excluding hydrogens is 372 g/mol. The zero-order chi connectivity index (χ0) is 20.7. The van der Waals surface area contributed by atoms with E-state index in [9.17, 15) is 9.59 Å². The van der Waals surface area contributed by atoms with Crippen LogP contribution < -0.4 is 15.4 Å². The average Bonchev–Trinajstić information content (AvgIpc) is 2.67. The summed E-state index contributed by atoms with van der Waals surface area (Å²) in [5, 5.41) is 5.50. The lowest BCUT2D eigenvalue weighted by Crippen LogP contribution is -2.34. The molecule has 2 N–H and O–H groups in total. The fourth-order valence-electron chi connectivity index (χ4n) is 2.71. The highest BCUT2D eigenvalue weighted by Crippen LogP contribution is 2.26. The first kappa shape index (κ1) is 21.8. The molecule has 2 aromatic carbocycles. The maximum Gasteiger partial charge on any atom is 0.234 e. The van der Waals surface area contributed by atoms with Gasteiger partial charge in [-0.1, -0.05) is 35.4 Å². The maximum atomic E-state index is 12.5. The Morgan fingerprint density at radius 3 is 2.32 bits per heavy atom. The molecule has 0 aliphatic carbocycles. The van der Waals surface area contributed by atoms with E-state index < -0.39 is 0 Å². The Kier molecular flexibility index (Phi) is 7.93. The number of anilines is 1. The lowest BCUT2D eigenvalue weighted by Gasteiger charge is -2.20. The van der Waals surface area contributed by atoms with Crippen molar-refractivity contribution < 1.29 is 14.3 Å². The van der Waals surface area contributed by atoms with Crippen LogP contribution in [0.1, 0.15) is 36.6 Å². The van der Waals surface area contributed by atoms with Crippen LogP contribution in [0.15, 0.2) is 42.5 Å². The summed E-state index contributed by atoms with van der Waals surface area (Å²) in [5.74, 6) is 0.729.